The molecule has 0 radical (unpaired) electrons. The minimum Gasteiger partial charge on any atom is -0.386 e. The second-order valence-electron chi connectivity index (χ2n) is 4.59. The average molecular weight is 280 g/mol. The van der Waals surface area contributed by atoms with E-state index in [1.165, 1.54) is 0 Å². The Morgan fingerprint density at radius 3 is 2.30 bits per heavy atom. The average Bonchev–Trinajstić information content (AvgIpc) is 3.00. The van der Waals surface area contributed by atoms with Crippen molar-refractivity contribution in [1.82, 2.24) is 0 Å². The van der Waals surface area contributed by atoms with E-state index in [1.54, 1.807) is 23.5 Å². The van der Waals surface area contributed by atoms with E-state index >= 15 is 0 Å². The molecule has 0 spiro atoms. The van der Waals surface area contributed by atoms with E-state index in [-0.39, 0.29) is 0 Å². The quantitative estimate of drug-likeness (QED) is 0.502. The molecule has 0 amide bonds. The Hall–Kier alpha value is -2.46. The Kier molecular flexibility index (Phi) is 2.28. The molecule has 0 unspecified atom stereocenters. The number of fused-ring (bicyclic) bond motifs is 2. The molecule has 3 aromatic rings. The Labute approximate surface area is 118 Å². The van der Waals surface area contributed by atoms with Gasteiger partial charge in [-0.3, -0.25) is 0 Å². The third kappa shape index (κ3) is 1.58. The summed E-state index contributed by atoms with van der Waals surface area (Å²) in [5.74, 6) is -1.11. The van der Waals surface area contributed by atoms with Gasteiger partial charge in [-0.2, -0.15) is 0 Å². The van der Waals surface area contributed by atoms with Crippen molar-refractivity contribution in [2.75, 3.05) is 0 Å². The fraction of sp³-hybridized carbons (Fsp3) is 0. The highest BCUT2D eigenvalue weighted by Gasteiger charge is 2.30. The zero-order valence-electron chi connectivity index (χ0n) is 10.3. The van der Waals surface area contributed by atoms with Crippen LogP contribution in [0.4, 0.5) is 0 Å². The minimum atomic E-state index is -0.556. The number of ether oxygens (including phenoxy) is 1. The van der Waals surface area contributed by atoms with E-state index in [0.29, 0.717) is 11.1 Å². The Morgan fingerprint density at radius 2 is 1.55 bits per heavy atom. The number of cyclic esters (lactones) is 2. The Morgan fingerprint density at radius 1 is 0.850 bits per heavy atom. The summed E-state index contributed by atoms with van der Waals surface area (Å²) in [5.41, 5.74) is 1.85. The molecule has 1 aromatic heterocycles. The molecule has 4 rings (SSSR count). The van der Waals surface area contributed by atoms with Gasteiger partial charge < -0.3 is 4.74 Å². The van der Waals surface area contributed by atoms with Gasteiger partial charge >= 0.3 is 11.9 Å². The predicted octanol–water partition coefficient (Wildman–Crippen LogP) is 3.88. The van der Waals surface area contributed by atoms with Gasteiger partial charge in [-0.05, 0) is 29.1 Å². The SMILES string of the molecule is O=C1OC(=O)c2cc3sc(-c4ccccc4)cc3cc21. The van der Waals surface area contributed by atoms with Gasteiger partial charge in [0.1, 0.15) is 0 Å². The summed E-state index contributed by atoms with van der Waals surface area (Å²) in [5, 5.41) is 0.958. The largest absolute Gasteiger partial charge is 0.386 e. The first-order valence-corrected chi connectivity index (χ1v) is 6.93. The van der Waals surface area contributed by atoms with Gasteiger partial charge in [-0.1, -0.05) is 30.3 Å². The molecule has 0 fully saturated rings. The second-order valence-corrected chi connectivity index (χ2v) is 5.67. The molecule has 0 bridgehead atoms. The fourth-order valence-corrected chi connectivity index (χ4v) is 3.45. The topological polar surface area (TPSA) is 43.4 Å². The van der Waals surface area contributed by atoms with Gasteiger partial charge in [0.2, 0.25) is 0 Å². The minimum absolute atomic E-state index is 0.361. The molecule has 96 valence electrons. The highest BCUT2D eigenvalue weighted by atomic mass is 32.1. The van der Waals surface area contributed by atoms with Crippen molar-refractivity contribution in [2.24, 2.45) is 0 Å². The maximum absolute atomic E-state index is 11.6. The second kappa shape index (κ2) is 4.02. The molecule has 1 aliphatic rings. The van der Waals surface area contributed by atoms with E-state index < -0.39 is 11.9 Å². The van der Waals surface area contributed by atoms with Crippen LogP contribution in [0.2, 0.25) is 0 Å². The number of thiophene rings is 1. The van der Waals surface area contributed by atoms with Crippen molar-refractivity contribution in [3.05, 3.63) is 59.7 Å². The van der Waals surface area contributed by atoms with Crippen molar-refractivity contribution in [3.8, 4) is 10.4 Å². The number of carbonyl (C=O) groups is 2. The van der Waals surface area contributed by atoms with Crippen molar-refractivity contribution in [2.45, 2.75) is 0 Å². The van der Waals surface area contributed by atoms with Crippen molar-refractivity contribution in [3.63, 3.8) is 0 Å². The lowest BCUT2D eigenvalue weighted by Crippen LogP contribution is -1.96. The summed E-state index contributed by atoms with van der Waals surface area (Å²) in [4.78, 5) is 24.2. The number of carbonyl (C=O) groups excluding carboxylic acids is 2. The van der Waals surface area contributed by atoms with Crippen molar-refractivity contribution < 1.29 is 14.3 Å². The summed E-state index contributed by atoms with van der Waals surface area (Å²) >= 11 is 1.60. The van der Waals surface area contributed by atoms with Crippen LogP contribution in [-0.2, 0) is 4.74 Å². The standard InChI is InChI=1S/C16H8O3S/c17-15-11-6-10-7-13(9-4-2-1-3-5-9)20-14(10)8-12(11)16(18)19-15/h1-8H. The smallest absolute Gasteiger partial charge is 0.346 e. The Balaban J connectivity index is 1.94. The number of hydrogen-bond acceptors (Lipinski definition) is 4. The third-order valence-electron chi connectivity index (χ3n) is 3.34. The van der Waals surface area contributed by atoms with Gasteiger partial charge in [0, 0.05) is 9.58 Å². The van der Waals surface area contributed by atoms with Crippen LogP contribution in [0.3, 0.4) is 0 Å². The van der Waals surface area contributed by atoms with E-state index in [0.717, 1.165) is 20.5 Å². The van der Waals surface area contributed by atoms with Crippen LogP contribution in [0.25, 0.3) is 20.5 Å². The van der Waals surface area contributed by atoms with Crippen LogP contribution in [-0.4, -0.2) is 11.9 Å². The molecule has 1 aliphatic heterocycles. The highest BCUT2D eigenvalue weighted by Crippen LogP contribution is 2.36. The van der Waals surface area contributed by atoms with E-state index in [4.69, 9.17) is 0 Å². The van der Waals surface area contributed by atoms with E-state index in [1.807, 2.05) is 36.4 Å². The first-order chi connectivity index (χ1) is 9.72. The number of esters is 2. The van der Waals surface area contributed by atoms with Crippen LogP contribution in [0.15, 0.2) is 48.5 Å². The zero-order chi connectivity index (χ0) is 13.7. The Bertz CT molecular complexity index is 811. The third-order valence-corrected chi connectivity index (χ3v) is 4.49. The van der Waals surface area contributed by atoms with Crippen LogP contribution in [0.1, 0.15) is 20.7 Å². The van der Waals surface area contributed by atoms with Crippen LogP contribution in [0, 0.1) is 0 Å². The van der Waals surface area contributed by atoms with Crippen molar-refractivity contribution in [1.29, 1.82) is 0 Å². The molecule has 2 aromatic carbocycles. The lowest BCUT2D eigenvalue weighted by molar-refractivity contribution is 0.0444. The summed E-state index contributed by atoms with van der Waals surface area (Å²) in [6.45, 7) is 0. The lowest BCUT2D eigenvalue weighted by Gasteiger charge is -1.93. The zero-order valence-corrected chi connectivity index (χ0v) is 11.1. The summed E-state index contributed by atoms with van der Waals surface area (Å²) < 4.78 is 5.59. The van der Waals surface area contributed by atoms with Gasteiger partial charge in [-0.25, -0.2) is 9.59 Å². The maximum atomic E-state index is 11.6. The molecule has 20 heavy (non-hydrogen) atoms. The van der Waals surface area contributed by atoms with Gasteiger partial charge in [0.25, 0.3) is 0 Å². The molecule has 4 heteroatoms. The molecule has 3 nitrogen and oxygen atoms in total. The van der Waals surface area contributed by atoms with E-state index in [2.05, 4.69) is 4.74 Å². The summed E-state index contributed by atoms with van der Waals surface area (Å²) in [6.07, 6.45) is 0. The fourth-order valence-electron chi connectivity index (χ4n) is 2.36. The van der Waals surface area contributed by atoms with Gasteiger partial charge in [-0.15, -0.1) is 11.3 Å². The first-order valence-electron chi connectivity index (χ1n) is 6.12. The summed E-state index contributed by atoms with van der Waals surface area (Å²) in [7, 11) is 0. The summed E-state index contributed by atoms with van der Waals surface area (Å²) in [6, 6.07) is 15.5. The molecular formula is C16H8O3S. The highest BCUT2D eigenvalue weighted by molar-refractivity contribution is 7.22. The van der Waals surface area contributed by atoms with Gasteiger partial charge in [0.05, 0.1) is 11.1 Å². The number of rotatable bonds is 1. The van der Waals surface area contributed by atoms with Gasteiger partial charge in [0.15, 0.2) is 0 Å². The number of benzene rings is 2. The molecule has 0 aliphatic carbocycles. The van der Waals surface area contributed by atoms with E-state index in [9.17, 15) is 9.59 Å². The number of hydrogen-bond donors (Lipinski definition) is 0. The monoisotopic (exact) mass is 280 g/mol. The normalized spacial score (nSPS) is 13.6. The van der Waals surface area contributed by atoms with Crippen molar-refractivity contribution >= 4 is 33.4 Å². The predicted molar refractivity (Wildman–Crippen MR) is 77.0 cm³/mol. The first kappa shape index (κ1) is 11.4. The molecular weight excluding hydrogens is 272 g/mol. The van der Waals surface area contributed by atoms with Crippen LogP contribution >= 0.6 is 11.3 Å². The molecule has 0 atom stereocenters. The van der Waals surface area contributed by atoms with Crippen LogP contribution < -0.4 is 0 Å². The molecule has 0 saturated heterocycles. The molecule has 0 N–H and O–H groups in total. The maximum Gasteiger partial charge on any atom is 0.346 e. The molecule has 0 saturated carbocycles. The molecule has 2 heterocycles. The lowest BCUT2D eigenvalue weighted by atomic mass is 10.1. The van der Waals surface area contributed by atoms with Crippen LogP contribution in [0.5, 0.6) is 0 Å².